The van der Waals surface area contributed by atoms with E-state index in [0.29, 0.717) is 24.1 Å². The van der Waals surface area contributed by atoms with E-state index >= 15 is 0 Å². The van der Waals surface area contributed by atoms with E-state index in [1.54, 1.807) is 0 Å². The van der Waals surface area contributed by atoms with Crippen LogP contribution in [0.2, 0.25) is 0 Å². The minimum absolute atomic E-state index is 0.0450. The molecule has 1 aliphatic carbocycles. The fourth-order valence-electron chi connectivity index (χ4n) is 4.40. The van der Waals surface area contributed by atoms with Gasteiger partial charge in [0.2, 0.25) is 0 Å². The molecule has 2 aromatic carbocycles. The molecule has 1 amide bonds. The molecule has 0 saturated carbocycles. The van der Waals surface area contributed by atoms with Crippen molar-refractivity contribution in [3.8, 4) is 0 Å². The molecule has 2 aliphatic rings. The molecule has 9 heteroatoms. The molecule has 0 bridgehead atoms. The van der Waals surface area contributed by atoms with Gasteiger partial charge in [-0.15, -0.1) is 0 Å². The van der Waals surface area contributed by atoms with Gasteiger partial charge in [0.1, 0.15) is 5.70 Å². The number of benzene rings is 2. The predicted molar refractivity (Wildman–Crippen MR) is 121 cm³/mol. The van der Waals surface area contributed by atoms with Gasteiger partial charge >= 0.3 is 12.4 Å². The Balaban J connectivity index is 1.79. The third-order valence-corrected chi connectivity index (χ3v) is 6.43. The van der Waals surface area contributed by atoms with Crippen LogP contribution in [0.5, 0.6) is 0 Å². The van der Waals surface area contributed by atoms with E-state index in [-0.39, 0.29) is 28.4 Å². The summed E-state index contributed by atoms with van der Waals surface area (Å²) in [5.41, 5.74) is -0.666. The largest absolute Gasteiger partial charge is 0.416 e. The zero-order chi connectivity index (χ0) is 25.8. The Bertz CT molecular complexity index is 1220. The van der Waals surface area contributed by atoms with E-state index in [1.807, 2.05) is 6.08 Å². The van der Waals surface area contributed by atoms with Gasteiger partial charge in [0.15, 0.2) is 0 Å². The zero-order valence-electron chi connectivity index (χ0n) is 19.3. The maximum Gasteiger partial charge on any atom is 0.416 e. The summed E-state index contributed by atoms with van der Waals surface area (Å²) in [6.07, 6.45) is -6.26. The Morgan fingerprint density at radius 2 is 1.49 bits per heavy atom. The third kappa shape index (κ3) is 4.94. The normalized spacial score (nSPS) is 19.1. The van der Waals surface area contributed by atoms with Crippen molar-refractivity contribution < 1.29 is 31.1 Å². The van der Waals surface area contributed by atoms with Crippen molar-refractivity contribution in [2.75, 3.05) is 10.2 Å². The lowest BCUT2D eigenvalue weighted by Crippen LogP contribution is -2.29. The number of nitrogens with one attached hydrogen (secondary N) is 1. The van der Waals surface area contributed by atoms with Crippen molar-refractivity contribution >= 4 is 17.3 Å². The summed E-state index contributed by atoms with van der Waals surface area (Å²) in [6, 6.07) is 8.94. The molecule has 1 heterocycles. The first kappa shape index (κ1) is 24.9. The van der Waals surface area contributed by atoms with Gasteiger partial charge in [0, 0.05) is 16.9 Å². The second kappa shape index (κ2) is 8.46. The van der Waals surface area contributed by atoms with Gasteiger partial charge in [-0.25, -0.2) is 0 Å². The number of amides is 1. The highest BCUT2D eigenvalue weighted by Gasteiger charge is 2.42. The number of allylic oxidation sites excluding steroid dienone is 2. The van der Waals surface area contributed by atoms with Gasteiger partial charge in [-0.05, 0) is 60.6 Å². The van der Waals surface area contributed by atoms with E-state index in [1.165, 1.54) is 29.2 Å². The van der Waals surface area contributed by atoms with E-state index in [2.05, 4.69) is 26.1 Å². The summed E-state index contributed by atoms with van der Waals surface area (Å²) >= 11 is 0. The van der Waals surface area contributed by atoms with E-state index < -0.39 is 29.4 Å². The van der Waals surface area contributed by atoms with Gasteiger partial charge in [-0.3, -0.25) is 9.69 Å². The molecule has 0 unspecified atom stereocenters. The second-order valence-corrected chi connectivity index (χ2v) is 9.84. The molecule has 1 atom stereocenters. The van der Waals surface area contributed by atoms with Crippen LogP contribution in [0.4, 0.5) is 37.7 Å². The number of anilines is 2. The van der Waals surface area contributed by atoms with Crippen LogP contribution >= 0.6 is 0 Å². The number of alkyl halides is 6. The van der Waals surface area contributed by atoms with E-state index in [4.69, 9.17) is 0 Å². The predicted octanol–water partition coefficient (Wildman–Crippen LogP) is 7.78. The number of rotatable bonds is 3. The molecule has 0 radical (unpaired) electrons. The van der Waals surface area contributed by atoms with Crippen LogP contribution in [0.15, 0.2) is 71.6 Å². The molecule has 2 aromatic rings. The van der Waals surface area contributed by atoms with Crippen LogP contribution in [0.3, 0.4) is 0 Å². The van der Waals surface area contributed by atoms with Crippen LogP contribution in [-0.2, 0) is 17.1 Å². The number of hydrogen-bond acceptors (Lipinski definition) is 2. The van der Waals surface area contributed by atoms with Crippen molar-refractivity contribution in [1.29, 1.82) is 0 Å². The summed E-state index contributed by atoms with van der Waals surface area (Å²) < 4.78 is 79.6. The van der Waals surface area contributed by atoms with Crippen molar-refractivity contribution in [3.63, 3.8) is 0 Å². The van der Waals surface area contributed by atoms with Crippen LogP contribution in [0.25, 0.3) is 0 Å². The molecule has 4 rings (SSSR count). The lowest BCUT2D eigenvalue weighted by atomic mass is 9.72. The van der Waals surface area contributed by atoms with Gasteiger partial charge in [0.25, 0.3) is 5.91 Å². The third-order valence-electron chi connectivity index (χ3n) is 6.43. The van der Waals surface area contributed by atoms with Crippen LogP contribution < -0.4 is 10.2 Å². The number of hydrogen-bond donors (Lipinski definition) is 1. The Morgan fingerprint density at radius 3 is 2.09 bits per heavy atom. The molecule has 0 spiro atoms. The van der Waals surface area contributed by atoms with Crippen molar-refractivity contribution in [2.45, 2.75) is 46.0 Å². The van der Waals surface area contributed by atoms with Crippen LogP contribution in [-0.4, -0.2) is 5.91 Å². The van der Waals surface area contributed by atoms with Gasteiger partial charge in [0.05, 0.1) is 16.8 Å². The lowest BCUT2D eigenvalue weighted by molar-refractivity contribution is -0.138. The molecule has 3 nitrogen and oxygen atoms in total. The molecule has 186 valence electrons. The lowest BCUT2D eigenvalue weighted by Gasteiger charge is -2.34. The fourth-order valence-corrected chi connectivity index (χ4v) is 4.40. The first-order chi connectivity index (χ1) is 16.2. The number of fused-ring (bicyclic) bond motifs is 1. The number of nitrogens with zero attached hydrogens (tertiary/aromatic N) is 1. The maximum absolute atomic E-state index is 13.5. The molecule has 1 N–H and O–H groups in total. The summed E-state index contributed by atoms with van der Waals surface area (Å²) in [7, 11) is 0. The number of halogens is 6. The summed E-state index contributed by atoms with van der Waals surface area (Å²) in [6.45, 7) is 6.16. The van der Waals surface area contributed by atoms with Crippen molar-refractivity contribution in [3.05, 3.63) is 82.7 Å². The monoisotopic (exact) mass is 494 g/mol. The van der Waals surface area contributed by atoms with Crippen molar-refractivity contribution in [2.24, 2.45) is 11.3 Å². The molecule has 0 aromatic heterocycles. The second-order valence-electron chi connectivity index (χ2n) is 9.84. The zero-order valence-corrected chi connectivity index (χ0v) is 19.3. The van der Waals surface area contributed by atoms with Crippen LogP contribution in [0, 0.1) is 11.3 Å². The first-order valence-corrected chi connectivity index (χ1v) is 11.1. The SMILES string of the molecule is CC(C)(C)[C@@H]1CC=C2C(=C(Nc3cccc(C(F)(F)F)c3)C(=O)N2c2cccc(C(F)(F)F)c2)C1. The van der Waals surface area contributed by atoms with E-state index in [9.17, 15) is 31.1 Å². The molecule has 0 saturated heterocycles. The minimum Gasteiger partial charge on any atom is -0.351 e. The summed E-state index contributed by atoms with van der Waals surface area (Å²) in [5, 5.41) is 2.84. The standard InChI is InChI=1S/C26H24F6N2O/c1-24(2,3)15-10-11-21-20(14-15)22(33-18-8-4-6-16(12-18)25(27,28)29)23(35)34(21)19-9-5-7-17(13-19)26(30,31)32/h4-9,11-13,15,33H,10,14H2,1-3H3/t15-/m1/s1. The fraction of sp³-hybridized carbons (Fsp3) is 0.346. The molecular formula is C26H24F6N2O. The molecular weight excluding hydrogens is 470 g/mol. The van der Waals surface area contributed by atoms with Gasteiger partial charge < -0.3 is 5.32 Å². The Kier molecular flexibility index (Phi) is 6.02. The first-order valence-electron chi connectivity index (χ1n) is 11.1. The number of carbonyl (C=O) groups excluding carboxylic acids is 1. The van der Waals surface area contributed by atoms with Gasteiger partial charge in [-0.2, -0.15) is 26.3 Å². The average molecular weight is 494 g/mol. The highest BCUT2D eigenvalue weighted by molar-refractivity contribution is 6.15. The Labute approximate surface area is 199 Å². The number of carbonyl (C=O) groups is 1. The molecule has 1 aliphatic heterocycles. The average Bonchev–Trinajstić information content (AvgIpc) is 3.03. The minimum atomic E-state index is -4.59. The molecule has 0 fully saturated rings. The Morgan fingerprint density at radius 1 is 0.886 bits per heavy atom. The topological polar surface area (TPSA) is 32.3 Å². The van der Waals surface area contributed by atoms with Crippen molar-refractivity contribution in [1.82, 2.24) is 0 Å². The Hall–Kier alpha value is -3.23. The summed E-state index contributed by atoms with van der Waals surface area (Å²) in [4.78, 5) is 14.7. The highest BCUT2D eigenvalue weighted by Crippen LogP contribution is 2.47. The quantitative estimate of drug-likeness (QED) is 0.442. The maximum atomic E-state index is 13.5. The van der Waals surface area contributed by atoms with Gasteiger partial charge in [-0.1, -0.05) is 39.0 Å². The van der Waals surface area contributed by atoms with E-state index in [0.717, 1.165) is 24.3 Å². The van der Waals surface area contributed by atoms with Crippen LogP contribution in [0.1, 0.15) is 44.7 Å². The summed E-state index contributed by atoms with van der Waals surface area (Å²) in [5.74, 6) is -0.480. The molecule has 35 heavy (non-hydrogen) atoms. The smallest absolute Gasteiger partial charge is 0.351 e. The highest BCUT2D eigenvalue weighted by atomic mass is 19.4.